The Bertz CT molecular complexity index is 290. The van der Waals surface area contributed by atoms with Gasteiger partial charge in [-0.15, -0.1) is 11.6 Å². The van der Waals surface area contributed by atoms with Gasteiger partial charge in [0.05, 0.1) is 4.47 Å². The third-order valence-corrected chi connectivity index (χ3v) is 1.79. The van der Waals surface area contributed by atoms with Crippen LogP contribution < -0.4 is 5.32 Å². The van der Waals surface area contributed by atoms with Gasteiger partial charge in [0.1, 0.15) is 0 Å². The molecule has 1 aromatic rings. The molecule has 0 aliphatic heterocycles. The van der Waals surface area contributed by atoms with Gasteiger partial charge in [-0.25, -0.2) is 9.97 Å². The number of rotatable bonds is 3. The molecule has 0 atom stereocenters. The van der Waals surface area contributed by atoms with Crippen molar-refractivity contribution in [1.82, 2.24) is 9.97 Å². The fourth-order valence-corrected chi connectivity index (χ4v) is 1.03. The second-order valence-electron chi connectivity index (χ2n) is 2.21. The fraction of sp³-hybridized carbons (Fsp3) is 0.286. The maximum Gasteiger partial charge on any atom is 0.229 e. The van der Waals surface area contributed by atoms with E-state index in [4.69, 9.17) is 11.6 Å². The molecule has 1 heterocycles. The number of anilines is 1. The molecule has 0 bridgehead atoms. The first-order valence-corrected chi connectivity index (χ1v) is 4.88. The summed E-state index contributed by atoms with van der Waals surface area (Å²) >= 11 is 8.56. The third-order valence-electron chi connectivity index (χ3n) is 1.19. The van der Waals surface area contributed by atoms with Crippen LogP contribution in [-0.4, -0.2) is 21.8 Å². The van der Waals surface area contributed by atoms with Crippen LogP contribution in [0.3, 0.4) is 0 Å². The van der Waals surface area contributed by atoms with Gasteiger partial charge in [-0.3, -0.25) is 10.1 Å². The summed E-state index contributed by atoms with van der Waals surface area (Å²) < 4.78 is 0.767. The van der Waals surface area contributed by atoms with Crippen LogP contribution in [0.1, 0.15) is 6.42 Å². The molecule has 0 radical (unpaired) electrons. The second kappa shape index (κ2) is 5.14. The molecule has 0 fully saturated rings. The normalized spacial score (nSPS) is 9.69. The van der Waals surface area contributed by atoms with Crippen molar-refractivity contribution in [2.75, 3.05) is 11.2 Å². The number of halogens is 2. The lowest BCUT2D eigenvalue weighted by molar-refractivity contribution is -0.115. The molecule has 1 amide bonds. The van der Waals surface area contributed by atoms with Crippen LogP contribution >= 0.6 is 27.5 Å². The van der Waals surface area contributed by atoms with E-state index in [-0.39, 0.29) is 12.3 Å². The van der Waals surface area contributed by atoms with Crippen molar-refractivity contribution in [1.29, 1.82) is 0 Å². The summed E-state index contributed by atoms with van der Waals surface area (Å²) in [7, 11) is 0. The number of nitrogens with zero attached hydrogens (tertiary/aromatic N) is 2. The van der Waals surface area contributed by atoms with Crippen molar-refractivity contribution in [3.05, 3.63) is 16.9 Å². The Labute approximate surface area is 88.8 Å². The summed E-state index contributed by atoms with van der Waals surface area (Å²) in [5.41, 5.74) is 0. The van der Waals surface area contributed by atoms with Gasteiger partial charge < -0.3 is 0 Å². The second-order valence-corrected chi connectivity index (χ2v) is 3.51. The molecular weight excluding hydrogens is 257 g/mol. The highest BCUT2D eigenvalue weighted by molar-refractivity contribution is 9.10. The molecule has 0 aliphatic rings. The summed E-state index contributed by atoms with van der Waals surface area (Å²) in [6.45, 7) is 0. The van der Waals surface area contributed by atoms with Crippen molar-refractivity contribution < 1.29 is 4.79 Å². The summed E-state index contributed by atoms with van der Waals surface area (Å²) in [5, 5.41) is 2.50. The molecule has 1 N–H and O–H groups in total. The van der Waals surface area contributed by atoms with E-state index in [0.717, 1.165) is 4.47 Å². The van der Waals surface area contributed by atoms with Crippen LogP contribution in [0.2, 0.25) is 0 Å². The largest absolute Gasteiger partial charge is 0.294 e. The van der Waals surface area contributed by atoms with E-state index in [1.807, 2.05) is 0 Å². The number of aromatic nitrogens is 2. The van der Waals surface area contributed by atoms with Crippen molar-refractivity contribution in [2.24, 2.45) is 0 Å². The molecule has 6 heteroatoms. The van der Waals surface area contributed by atoms with Gasteiger partial charge in [-0.2, -0.15) is 0 Å². The van der Waals surface area contributed by atoms with E-state index in [2.05, 4.69) is 31.2 Å². The van der Waals surface area contributed by atoms with Gasteiger partial charge in [0, 0.05) is 24.7 Å². The number of carbonyl (C=O) groups excluding carboxylic acids is 1. The quantitative estimate of drug-likeness (QED) is 0.847. The average molecular weight is 265 g/mol. The minimum atomic E-state index is -0.183. The van der Waals surface area contributed by atoms with E-state index < -0.39 is 0 Å². The number of hydrogen-bond acceptors (Lipinski definition) is 3. The monoisotopic (exact) mass is 263 g/mol. The Balaban J connectivity index is 2.54. The number of carbonyl (C=O) groups is 1. The average Bonchev–Trinajstić information content (AvgIpc) is 2.09. The maximum absolute atomic E-state index is 11.0. The minimum absolute atomic E-state index is 0.183. The Hall–Kier alpha value is -0.680. The molecule has 0 aliphatic carbocycles. The Morgan fingerprint density at radius 1 is 1.54 bits per heavy atom. The fourth-order valence-electron chi connectivity index (χ4n) is 0.650. The lowest BCUT2D eigenvalue weighted by Gasteiger charge is -2.00. The maximum atomic E-state index is 11.0. The smallest absolute Gasteiger partial charge is 0.229 e. The zero-order valence-corrected chi connectivity index (χ0v) is 8.97. The first kappa shape index (κ1) is 10.4. The van der Waals surface area contributed by atoms with E-state index in [0.29, 0.717) is 11.8 Å². The summed E-state index contributed by atoms with van der Waals surface area (Å²) in [6, 6.07) is 0. The number of nitrogens with one attached hydrogen (secondary N) is 1. The van der Waals surface area contributed by atoms with Gasteiger partial charge >= 0.3 is 0 Å². The van der Waals surface area contributed by atoms with Crippen LogP contribution in [-0.2, 0) is 4.79 Å². The molecule has 0 spiro atoms. The first-order chi connectivity index (χ1) is 6.22. The predicted octanol–water partition coefficient (Wildman–Crippen LogP) is 1.81. The summed E-state index contributed by atoms with van der Waals surface area (Å²) in [4.78, 5) is 18.7. The Morgan fingerprint density at radius 2 is 2.15 bits per heavy atom. The highest BCUT2D eigenvalue weighted by atomic mass is 79.9. The van der Waals surface area contributed by atoms with Gasteiger partial charge in [0.2, 0.25) is 11.9 Å². The van der Waals surface area contributed by atoms with Crippen molar-refractivity contribution in [2.45, 2.75) is 6.42 Å². The van der Waals surface area contributed by atoms with Crippen LogP contribution in [0.4, 0.5) is 5.95 Å². The van der Waals surface area contributed by atoms with E-state index in [9.17, 15) is 4.79 Å². The summed E-state index contributed by atoms with van der Waals surface area (Å²) in [6.07, 6.45) is 3.38. The van der Waals surface area contributed by atoms with Crippen LogP contribution in [0, 0.1) is 0 Å². The van der Waals surface area contributed by atoms with Crippen LogP contribution in [0.25, 0.3) is 0 Å². The highest BCUT2D eigenvalue weighted by Gasteiger charge is 2.02. The van der Waals surface area contributed by atoms with E-state index in [1.54, 1.807) is 12.4 Å². The van der Waals surface area contributed by atoms with Gasteiger partial charge in [-0.05, 0) is 15.9 Å². The molecule has 4 nitrogen and oxygen atoms in total. The molecule has 0 unspecified atom stereocenters. The van der Waals surface area contributed by atoms with E-state index >= 15 is 0 Å². The first-order valence-electron chi connectivity index (χ1n) is 3.55. The SMILES string of the molecule is O=C(CCCl)Nc1ncc(Br)cn1. The summed E-state index contributed by atoms with van der Waals surface area (Å²) in [5.74, 6) is 0.401. The number of hydrogen-bond donors (Lipinski definition) is 1. The Kier molecular flexibility index (Phi) is 4.11. The molecule has 70 valence electrons. The third kappa shape index (κ3) is 3.69. The lowest BCUT2D eigenvalue weighted by atomic mass is 10.4. The lowest BCUT2D eigenvalue weighted by Crippen LogP contribution is -2.13. The zero-order valence-electron chi connectivity index (χ0n) is 6.63. The highest BCUT2D eigenvalue weighted by Crippen LogP contribution is 2.06. The molecule has 1 rings (SSSR count). The van der Waals surface area contributed by atoms with Gasteiger partial charge in [-0.1, -0.05) is 0 Å². The van der Waals surface area contributed by atoms with Crippen LogP contribution in [0.15, 0.2) is 16.9 Å². The molecule has 0 aromatic carbocycles. The minimum Gasteiger partial charge on any atom is -0.294 e. The molecule has 13 heavy (non-hydrogen) atoms. The molecule has 0 saturated carbocycles. The van der Waals surface area contributed by atoms with Gasteiger partial charge in [0.15, 0.2) is 0 Å². The van der Waals surface area contributed by atoms with E-state index in [1.165, 1.54) is 0 Å². The topological polar surface area (TPSA) is 54.9 Å². The standard InChI is InChI=1S/C7H7BrClN3O/c8-5-3-10-7(11-4-5)12-6(13)1-2-9/h3-4H,1-2H2,(H,10,11,12,13). The number of amides is 1. The van der Waals surface area contributed by atoms with Gasteiger partial charge in [0.25, 0.3) is 0 Å². The molecular formula is C7H7BrClN3O. The number of alkyl halides is 1. The predicted molar refractivity (Wildman–Crippen MR) is 53.7 cm³/mol. The van der Waals surface area contributed by atoms with Crippen LogP contribution in [0.5, 0.6) is 0 Å². The van der Waals surface area contributed by atoms with Crippen molar-refractivity contribution >= 4 is 39.4 Å². The van der Waals surface area contributed by atoms with Crippen molar-refractivity contribution in [3.63, 3.8) is 0 Å². The zero-order chi connectivity index (χ0) is 9.68. The van der Waals surface area contributed by atoms with Crippen molar-refractivity contribution in [3.8, 4) is 0 Å². The molecule has 0 saturated heterocycles. The Morgan fingerprint density at radius 3 is 2.69 bits per heavy atom. The molecule has 1 aromatic heterocycles.